The lowest BCUT2D eigenvalue weighted by atomic mass is 10.2. The summed E-state index contributed by atoms with van der Waals surface area (Å²) in [4.78, 5) is 35.1. The molecule has 1 aromatic carbocycles. The van der Waals surface area contributed by atoms with E-state index in [2.05, 4.69) is 0 Å². The summed E-state index contributed by atoms with van der Waals surface area (Å²) in [6.07, 6.45) is -4.81. The molecule has 2 rings (SSSR count). The molecule has 0 saturated carbocycles. The molecule has 0 aromatic heterocycles. The zero-order chi connectivity index (χ0) is 16.5. The number of rotatable bonds is 4. The Labute approximate surface area is 127 Å². The average Bonchev–Trinajstić information content (AvgIpc) is 2.70. The van der Waals surface area contributed by atoms with Gasteiger partial charge in [-0.05, 0) is 18.2 Å². The van der Waals surface area contributed by atoms with Crippen molar-refractivity contribution in [2.45, 2.75) is 17.8 Å². The highest BCUT2D eigenvalue weighted by atomic mass is 32.2. The molecule has 2 amide bonds. The maximum atomic E-state index is 12.7. The summed E-state index contributed by atoms with van der Waals surface area (Å²) in [5.74, 6) is -2.84. The Morgan fingerprint density at radius 1 is 1.36 bits per heavy atom. The molecule has 1 atom stereocenters. The molecule has 0 bridgehead atoms. The van der Waals surface area contributed by atoms with Crippen LogP contribution in [0.4, 0.5) is 18.9 Å². The Hall–Kier alpha value is -2.03. The van der Waals surface area contributed by atoms with Gasteiger partial charge in [0.2, 0.25) is 11.8 Å². The average molecular weight is 333 g/mol. The van der Waals surface area contributed by atoms with Crippen molar-refractivity contribution in [1.82, 2.24) is 0 Å². The number of benzene rings is 1. The van der Waals surface area contributed by atoms with Crippen LogP contribution in [0, 0.1) is 0 Å². The van der Waals surface area contributed by atoms with Crippen molar-refractivity contribution in [2.24, 2.45) is 0 Å². The van der Waals surface area contributed by atoms with Crippen LogP contribution >= 0.6 is 11.8 Å². The third kappa shape index (κ3) is 3.41. The number of aliphatic carboxylic acids is 1. The van der Waals surface area contributed by atoms with Gasteiger partial charge in [-0.2, -0.15) is 13.2 Å². The molecule has 1 fully saturated rings. The lowest BCUT2D eigenvalue weighted by molar-refractivity contribution is -0.137. The number of hydrogen-bond acceptors (Lipinski definition) is 4. The van der Waals surface area contributed by atoms with Gasteiger partial charge in [-0.15, -0.1) is 11.8 Å². The second-order valence-electron chi connectivity index (χ2n) is 4.51. The maximum Gasteiger partial charge on any atom is 0.416 e. The zero-order valence-electron chi connectivity index (χ0n) is 11.0. The summed E-state index contributed by atoms with van der Waals surface area (Å²) in [7, 11) is 0. The first-order valence-corrected chi connectivity index (χ1v) is 7.12. The van der Waals surface area contributed by atoms with Crippen LogP contribution < -0.4 is 4.90 Å². The molecule has 0 radical (unpaired) electrons. The van der Waals surface area contributed by atoms with Crippen LogP contribution in [0.25, 0.3) is 0 Å². The Bertz CT molecular complexity index is 632. The molecule has 1 aromatic rings. The van der Waals surface area contributed by atoms with E-state index in [4.69, 9.17) is 5.11 Å². The molecule has 1 saturated heterocycles. The third-order valence-corrected chi connectivity index (χ3v) is 4.13. The molecule has 0 aliphatic carbocycles. The van der Waals surface area contributed by atoms with Crippen LogP contribution in [-0.2, 0) is 20.6 Å². The number of hydrogen-bond donors (Lipinski definition) is 1. The number of halogens is 3. The highest BCUT2D eigenvalue weighted by Crippen LogP contribution is 2.34. The first kappa shape index (κ1) is 16.3. The summed E-state index contributed by atoms with van der Waals surface area (Å²) < 4.78 is 38.0. The molecule has 5 nitrogen and oxygen atoms in total. The SMILES string of the molecule is O=C(O)CS[C@@H]1CC(=O)N(c2cccc(C(F)(F)F)c2)C1=O. The Morgan fingerprint density at radius 3 is 2.64 bits per heavy atom. The summed E-state index contributed by atoms with van der Waals surface area (Å²) >= 11 is 0.778. The van der Waals surface area contributed by atoms with Crippen LogP contribution in [0.15, 0.2) is 24.3 Å². The number of carboxylic acid groups (broad SMARTS) is 1. The fraction of sp³-hybridized carbons (Fsp3) is 0.308. The Morgan fingerprint density at radius 2 is 2.05 bits per heavy atom. The van der Waals surface area contributed by atoms with E-state index in [0.717, 1.165) is 30.0 Å². The molecule has 0 spiro atoms. The van der Waals surface area contributed by atoms with Crippen molar-refractivity contribution in [3.63, 3.8) is 0 Å². The molecule has 0 unspecified atom stereocenters. The first-order chi connectivity index (χ1) is 10.2. The smallest absolute Gasteiger partial charge is 0.416 e. The summed E-state index contributed by atoms with van der Waals surface area (Å²) in [6.45, 7) is 0. The maximum absolute atomic E-state index is 12.7. The molecule has 9 heteroatoms. The number of nitrogens with zero attached hydrogens (tertiary/aromatic N) is 1. The van der Waals surface area contributed by atoms with Crippen LogP contribution in [-0.4, -0.2) is 33.9 Å². The molecule has 118 valence electrons. The summed E-state index contributed by atoms with van der Waals surface area (Å²) in [6, 6.07) is 3.90. The molecular weight excluding hydrogens is 323 g/mol. The first-order valence-electron chi connectivity index (χ1n) is 6.07. The van der Waals surface area contributed by atoms with Crippen molar-refractivity contribution >= 4 is 35.2 Å². The van der Waals surface area contributed by atoms with Gasteiger partial charge < -0.3 is 5.11 Å². The minimum absolute atomic E-state index is 0.164. The lowest BCUT2D eigenvalue weighted by Crippen LogP contribution is -2.31. The van der Waals surface area contributed by atoms with E-state index in [-0.39, 0.29) is 17.9 Å². The van der Waals surface area contributed by atoms with Crippen molar-refractivity contribution in [3.05, 3.63) is 29.8 Å². The highest BCUT2D eigenvalue weighted by Gasteiger charge is 2.41. The van der Waals surface area contributed by atoms with Gasteiger partial charge in [0.1, 0.15) is 0 Å². The third-order valence-electron chi connectivity index (χ3n) is 2.94. The monoisotopic (exact) mass is 333 g/mol. The van der Waals surface area contributed by atoms with Crippen LogP contribution in [0.1, 0.15) is 12.0 Å². The Balaban J connectivity index is 2.24. The second-order valence-corrected chi connectivity index (χ2v) is 5.70. The molecule has 1 aliphatic rings. The van der Waals surface area contributed by atoms with Crippen molar-refractivity contribution in [1.29, 1.82) is 0 Å². The van der Waals surface area contributed by atoms with E-state index < -0.39 is 34.8 Å². The molecule has 22 heavy (non-hydrogen) atoms. The van der Waals surface area contributed by atoms with Crippen molar-refractivity contribution < 1.29 is 32.7 Å². The topological polar surface area (TPSA) is 74.7 Å². The van der Waals surface area contributed by atoms with Crippen LogP contribution in [0.2, 0.25) is 0 Å². The molecule has 1 N–H and O–H groups in total. The second kappa shape index (κ2) is 5.99. The predicted molar refractivity (Wildman–Crippen MR) is 72.4 cm³/mol. The zero-order valence-corrected chi connectivity index (χ0v) is 11.8. The number of imide groups is 1. The van der Waals surface area contributed by atoms with E-state index >= 15 is 0 Å². The van der Waals surface area contributed by atoms with Crippen molar-refractivity contribution in [3.8, 4) is 0 Å². The van der Waals surface area contributed by atoms with Crippen molar-refractivity contribution in [2.75, 3.05) is 10.7 Å². The van der Waals surface area contributed by atoms with E-state index in [0.29, 0.717) is 4.90 Å². The van der Waals surface area contributed by atoms with Gasteiger partial charge in [0.25, 0.3) is 0 Å². The number of alkyl halides is 3. The Kier molecular flexibility index (Phi) is 4.45. The van der Waals surface area contributed by atoms with Gasteiger partial charge in [0.15, 0.2) is 0 Å². The van der Waals surface area contributed by atoms with Crippen LogP contribution in [0.3, 0.4) is 0 Å². The lowest BCUT2D eigenvalue weighted by Gasteiger charge is -2.16. The van der Waals surface area contributed by atoms with Gasteiger partial charge >= 0.3 is 12.1 Å². The van der Waals surface area contributed by atoms with E-state index in [1.807, 2.05) is 0 Å². The van der Waals surface area contributed by atoms with Gasteiger partial charge in [-0.1, -0.05) is 6.07 Å². The molecule has 1 heterocycles. The standard InChI is InChI=1S/C13H10F3NO4S/c14-13(15,16)7-2-1-3-8(4-7)17-10(18)5-9(12(17)21)22-6-11(19)20/h1-4,9H,5-6H2,(H,19,20)/t9-/m1/s1. The molecular formula is C13H10F3NO4S. The van der Waals surface area contributed by atoms with Crippen LogP contribution in [0.5, 0.6) is 0 Å². The van der Waals surface area contributed by atoms with Gasteiger partial charge in [0, 0.05) is 6.42 Å². The minimum Gasteiger partial charge on any atom is -0.481 e. The van der Waals surface area contributed by atoms with Gasteiger partial charge in [-0.25, -0.2) is 4.90 Å². The number of carboxylic acids is 1. The number of carbonyl (C=O) groups excluding carboxylic acids is 2. The normalized spacial score (nSPS) is 18.9. The number of thioether (sulfide) groups is 1. The van der Waals surface area contributed by atoms with E-state index in [9.17, 15) is 27.6 Å². The van der Waals surface area contributed by atoms with E-state index in [1.165, 1.54) is 6.07 Å². The quantitative estimate of drug-likeness (QED) is 0.855. The summed E-state index contributed by atoms with van der Waals surface area (Å²) in [5, 5.41) is 7.69. The predicted octanol–water partition coefficient (Wildman–Crippen LogP) is 2.16. The summed E-state index contributed by atoms with van der Waals surface area (Å²) in [5.41, 5.74) is -1.13. The minimum atomic E-state index is -4.58. The van der Waals surface area contributed by atoms with E-state index in [1.54, 1.807) is 0 Å². The fourth-order valence-corrected chi connectivity index (χ4v) is 2.85. The number of amides is 2. The molecule has 1 aliphatic heterocycles. The fourth-order valence-electron chi connectivity index (χ4n) is 2.00. The largest absolute Gasteiger partial charge is 0.481 e. The van der Waals surface area contributed by atoms with Gasteiger partial charge in [-0.3, -0.25) is 14.4 Å². The van der Waals surface area contributed by atoms with Gasteiger partial charge in [0.05, 0.1) is 22.3 Å². The number of anilines is 1. The number of carbonyl (C=O) groups is 3. The highest BCUT2D eigenvalue weighted by molar-refractivity contribution is 8.01.